The summed E-state index contributed by atoms with van der Waals surface area (Å²) in [6, 6.07) is 12.3. The molecule has 1 N–H and O–H groups in total. The number of hydrogen-bond acceptors (Lipinski definition) is 5. The monoisotopic (exact) mass is 436 g/mol. The van der Waals surface area contributed by atoms with Gasteiger partial charge in [0.05, 0.1) is 5.39 Å². The van der Waals surface area contributed by atoms with Crippen LogP contribution >= 0.6 is 0 Å². The number of urea groups is 1. The van der Waals surface area contributed by atoms with Crippen molar-refractivity contribution in [3.8, 4) is 0 Å². The second-order valence-corrected chi connectivity index (χ2v) is 8.65. The molecule has 3 aromatic rings. The molecule has 2 saturated heterocycles. The van der Waals surface area contributed by atoms with Gasteiger partial charge in [0, 0.05) is 19.5 Å². The predicted molar refractivity (Wildman–Crippen MR) is 118 cm³/mol. The average molecular weight is 436 g/mol. The summed E-state index contributed by atoms with van der Waals surface area (Å²) in [5, 5.41) is 7.20. The van der Waals surface area contributed by atoms with Crippen LogP contribution in [0.4, 0.5) is 15.0 Å². The topological polar surface area (TPSA) is 78.7 Å². The zero-order valence-electron chi connectivity index (χ0n) is 17.7. The van der Waals surface area contributed by atoms with Gasteiger partial charge in [0.2, 0.25) is 5.91 Å². The third-order valence-electron chi connectivity index (χ3n) is 6.35. The van der Waals surface area contributed by atoms with Gasteiger partial charge in [0.15, 0.2) is 11.4 Å². The second-order valence-electron chi connectivity index (χ2n) is 8.65. The van der Waals surface area contributed by atoms with Gasteiger partial charge in [-0.2, -0.15) is 0 Å². The number of fused-ring (bicyclic) bond motifs is 1. The summed E-state index contributed by atoms with van der Waals surface area (Å²) in [6.07, 6.45) is 3.36. The first-order valence-corrected chi connectivity index (χ1v) is 11.0. The minimum absolute atomic E-state index is 0.186. The molecule has 3 heterocycles. The van der Waals surface area contributed by atoms with Crippen LogP contribution in [0.5, 0.6) is 0 Å². The molecule has 0 radical (unpaired) electrons. The first-order valence-electron chi connectivity index (χ1n) is 11.0. The molecule has 0 bridgehead atoms. The minimum atomic E-state index is -0.465. The van der Waals surface area contributed by atoms with Crippen LogP contribution in [0.25, 0.3) is 11.0 Å². The van der Waals surface area contributed by atoms with Crippen LogP contribution in [-0.2, 0) is 17.8 Å². The van der Waals surface area contributed by atoms with Gasteiger partial charge >= 0.3 is 6.03 Å². The maximum absolute atomic E-state index is 13.4. The lowest BCUT2D eigenvalue weighted by Gasteiger charge is -2.32. The quantitative estimate of drug-likeness (QED) is 0.657. The number of hydrogen-bond donors (Lipinski definition) is 1. The van der Waals surface area contributed by atoms with Crippen LogP contribution in [0, 0.1) is 11.7 Å². The number of nitrogens with one attached hydrogen (secondary N) is 1. The number of imide groups is 1. The van der Waals surface area contributed by atoms with Crippen molar-refractivity contribution in [3.05, 3.63) is 59.4 Å². The van der Waals surface area contributed by atoms with E-state index in [9.17, 15) is 14.0 Å². The van der Waals surface area contributed by atoms with Crippen molar-refractivity contribution in [2.75, 3.05) is 24.5 Å². The normalized spacial score (nSPS) is 18.3. The van der Waals surface area contributed by atoms with E-state index >= 15 is 0 Å². The minimum Gasteiger partial charge on any atom is -0.354 e. The van der Waals surface area contributed by atoms with Crippen LogP contribution in [0.3, 0.4) is 0 Å². The number of nitrogens with zero attached hydrogens (tertiary/aromatic N) is 3. The van der Waals surface area contributed by atoms with Gasteiger partial charge in [-0.3, -0.25) is 19.9 Å². The molecule has 2 aliphatic heterocycles. The molecule has 2 aliphatic rings. The van der Waals surface area contributed by atoms with E-state index in [0.717, 1.165) is 49.8 Å². The first-order chi connectivity index (χ1) is 15.5. The maximum atomic E-state index is 13.4. The Balaban J connectivity index is 1.23. The van der Waals surface area contributed by atoms with Crippen molar-refractivity contribution >= 4 is 28.7 Å². The van der Waals surface area contributed by atoms with E-state index < -0.39 is 6.03 Å². The molecule has 166 valence electrons. The number of amides is 3. The van der Waals surface area contributed by atoms with Crippen molar-refractivity contribution in [1.29, 1.82) is 0 Å². The molecule has 3 amide bonds. The van der Waals surface area contributed by atoms with Gasteiger partial charge in [-0.05, 0) is 73.7 Å². The van der Waals surface area contributed by atoms with E-state index in [1.807, 2.05) is 18.2 Å². The van der Waals surface area contributed by atoms with Gasteiger partial charge in [-0.15, -0.1) is 0 Å². The number of likely N-dealkylation sites (tertiary alicyclic amines) is 1. The van der Waals surface area contributed by atoms with Gasteiger partial charge in [-0.1, -0.05) is 23.4 Å². The highest BCUT2D eigenvalue weighted by Gasteiger charge is 2.28. The van der Waals surface area contributed by atoms with Crippen LogP contribution in [0.2, 0.25) is 0 Å². The summed E-state index contributed by atoms with van der Waals surface area (Å²) >= 11 is 0. The fourth-order valence-corrected chi connectivity index (χ4v) is 4.64. The zero-order chi connectivity index (χ0) is 22.1. The summed E-state index contributed by atoms with van der Waals surface area (Å²) in [4.78, 5) is 27.5. The Hall–Kier alpha value is -3.26. The van der Waals surface area contributed by atoms with E-state index in [4.69, 9.17) is 4.52 Å². The summed E-state index contributed by atoms with van der Waals surface area (Å²) < 4.78 is 18.8. The number of carbonyl (C=O) groups excluding carboxylic acids is 2. The van der Waals surface area contributed by atoms with E-state index in [0.29, 0.717) is 23.9 Å². The third-order valence-corrected chi connectivity index (χ3v) is 6.35. The second kappa shape index (κ2) is 8.70. The van der Waals surface area contributed by atoms with Crippen molar-refractivity contribution in [2.24, 2.45) is 5.92 Å². The highest BCUT2D eigenvalue weighted by Crippen LogP contribution is 2.30. The Morgan fingerprint density at radius 1 is 1.06 bits per heavy atom. The van der Waals surface area contributed by atoms with Crippen molar-refractivity contribution in [2.45, 2.75) is 32.2 Å². The smallest absolute Gasteiger partial charge is 0.329 e. The Bertz CT molecular complexity index is 1150. The van der Waals surface area contributed by atoms with E-state index in [2.05, 4.69) is 21.4 Å². The van der Waals surface area contributed by atoms with Gasteiger partial charge in [0.25, 0.3) is 0 Å². The molecular weight excluding hydrogens is 411 g/mol. The third kappa shape index (κ3) is 4.36. The molecule has 5 rings (SSSR count). The number of halogens is 1. The Kier molecular flexibility index (Phi) is 5.61. The largest absolute Gasteiger partial charge is 0.354 e. The lowest BCUT2D eigenvalue weighted by Crippen LogP contribution is -2.49. The summed E-state index contributed by atoms with van der Waals surface area (Å²) in [7, 11) is 0. The molecule has 0 atom stereocenters. The Labute approximate surface area is 185 Å². The molecule has 8 heteroatoms. The number of aromatic nitrogens is 1. The molecule has 32 heavy (non-hydrogen) atoms. The predicted octanol–water partition coefficient (Wildman–Crippen LogP) is 3.87. The molecule has 0 unspecified atom stereocenters. The van der Waals surface area contributed by atoms with Crippen LogP contribution in [0.15, 0.2) is 47.0 Å². The highest BCUT2D eigenvalue weighted by molar-refractivity contribution is 6.08. The molecule has 0 saturated carbocycles. The average Bonchev–Trinajstić information content (AvgIpc) is 3.18. The molecule has 0 spiro atoms. The summed E-state index contributed by atoms with van der Waals surface area (Å²) in [6.45, 7) is 3.05. The Morgan fingerprint density at radius 2 is 1.91 bits per heavy atom. The number of benzene rings is 2. The molecule has 7 nitrogen and oxygen atoms in total. The fourth-order valence-electron chi connectivity index (χ4n) is 4.64. The molecular formula is C24H25FN4O3. The van der Waals surface area contributed by atoms with Crippen molar-refractivity contribution in [1.82, 2.24) is 15.4 Å². The molecule has 2 aromatic carbocycles. The molecule has 0 aliphatic carbocycles. The summed E-state index contributed by atoms with van der Waals surface area (Å²) in [5.74, 6) is 0.560. The van der Waals surface area contributed by atoms with E-state index in [1.54, 1.807) is 12.1 Å². The number of rotatable bonds is 5. The first kappa shape index (κ1) is 20.6. The highest BCUT2D eigenvalue weighted by atomic mass is 19.1. The van der Waals surface area contributed by atoms with Crippen LogP contribution < -0.4 is 10.2 Å². The lowest BCUT2D eigenvalue weighted by molar-refractivity contribution is -0.120. The number of piperidine rings is 1. The lowest BCUT2D eigenvalue weighted by atomic mass is 9.89. The van der Waals surface area contributed by atoms with Gasteiger partial charge in [0.1, 0.15) is 5.82 Å². The van der Waals surface area contributed by atoms with Crippen LogP contribution in [-0.4, -0.2) is 41.6 Å². The number of carbonyl (C=O) groups is 2. The standard InChI is InChI=1S/C24H25FN4O3/c25-19-3-1-2-18(13-19)15-28-9-6-16(7-10-28)12-17-4-5-21-20(14-17)23(27-32-21)29-11-8-22(30)26-24(29)31/h1-5,13-14,16H,6-12,15H2,(H,26,30,31). The molecule has 2 fully saturated rings. The SMILES string of the molecule is O=C1CCN(c2noc3ccc(CC4CCN(Cc5cccc(F)c5)CC4)cc23)C(=O)N1. The van der Waals surface area contributed by atoms with Crippen molar-refractivity contribution < 1.29 is 18.5 Å². The van der Waals surface area contributed by atoms with E-state index in [-0.39, 0.29) is 18.1 Å². The maximum Gasteiger partial charge on any atom is 0.329 e. The fraction of sp³-hybridized carbons (Fsp3) is 0.375. The Morgan fingerprint density at radius 3 is 2.69 bits per heavy atom. The van der Waals surface area contributed by atoms with Crippen LogP contribution in [0.1, 0.15) is 30.4 Å². The van der Waals surface area contributed by atoms with Gasteiger partial charge < -0.3 is 4.52 Å². The molecule has 1 aromatic heterocycles. The van der Waals surface area contributed by atoms with E-state index in [1.165, 1.54) is 16.5 Å². The summed E-state index contributed by atoms with van der Waals surface area (Å²) in [5.41, 5.74) is 2.81. The number of anilines is 1. The van der Waals surface area contributed by atoms with Crippen molar-refractivity contribution in [3.63, 3.8) is 0 Å². The van der Waals surface area contributed by atoms with Gasteiger partial charge in [-0.25, -0.2) is 9.18 Å². The zero-order valence-corrected chi connectivity index (χ0v) is 17.7.